The standard InChI is InChI=1S/C11H7N5O2/c17-11-15-10(16-18-11)9-6-13-5-8(14-9)7-2-1-3-12-4-7/h1-6H,(H,15,16,17). The lowest BCUT2D eigenvalue weighted by molar-refractivity contribution is 0.387. The Bertz CT molecular complexity index is 719. The third-order valence-corrected chi connectivity index (χ3v) is 2.27. The van der Waals surface area contributed by atoms with Crippen LogP contribution in [-0.2, 0) is 0 Å². The maximum atomic E-state index is 10.9. The summed E-state index contributed by atoms with van der Waals surface area (Å²) in [5.74, 6) is -0.378. The minimum atomic E-state index is -0.626. The number of nitrogens with one attached hydrogen (secondary N) is 1. The molecule has 1 N–H and O–H groups in total. The monoisotopic (exact) mass is 241 g/mol. The summed E-state index contributed by atoms with van der Waals surface area (Å²) in [5, 5.41) is 3.56. The van der Waals surface area contributed by atoms with Crippen LogP contribution in [0, 0.1) is 0 Å². The van der Waals surface area contributed by atoms with Crippen LogP contribution in [-0.4, -0.2) is 25.1 Å². The second-order valence-corrected chi connectivity index (χ2v) is 3.47. The Kier molecular flexibility index (Phi) is 2.41. The molecule has 3 aromatic rings. The lowest BCUT2D eigenvalue weighted by Crippen LogP contribution is -1.96. The summed E-state index contributed by atoms with van der Waals surface area (Å²) in [7, 11) is 0. The van der Waals surface area contributed by atoms with Crippen molar-refractivity contribution in [2.24, 2.45) is 0 Å². The topological polar surface area (TPSA) is 97.6 Å². The highest BCUT2D eigenvalue weighted by molar-refractivity contribution is 5.60. The van der Waals surface area contributed by atoms with E-state index in [-0.39, 0.29) is 5.82 Å². The molecule has 0 saturated heterocycles. The fourth-order valence-electron chi connectivity index (χ4n) is 1.47. The lowest BCUT2D eigenvalue weighted by atomic mass is 10.2. The first-order chi connectivity index (χ1) is 8.83. The summed E-state index contributed by atoms with van der Waals surface area (Å²) in [6.45, 7) is 0. The Labute approximate surface area is 101 Å². The SMILES string of the molecule is O=c1[nH]c(-c2cncc(-c3cccnc3)n2)no1. The number of aromatic amines is 1. The molecule has 0 aliphatic carbocycles. The largest absolute Gasteiger partial charge is 0.439 e. The van der Waals surface area contributed by atoms with Crippen molar-refractivity contribution in [2.75, 3.05) is 0 Å². The highest BCUT2D eigenvalue weighted by atomic mass is 16.5. The molecule has 0 bridgehead atoms. The van der Waals surface area contributed by atoms with E-state index < -0.39 is 5.76 Å². The van der Waals surface area contributed by atoms with Crippen LogP contribution in [0.1, 0.15) is 0 Å². The average Bonchev–Trinajstić information content (AvgIpc) is 2.87. The maximum absolute atomic E-state index is 10.9. The van der Waals surface area contributed by atoms with Gasteiger partial charge in [-0.1, -0.05) is 5.16 Å². The molecule has 0 atom stereocenters. The molecular formula is C11H7N5O2. The highest BCUT2D eigenvalue weighted by Gasteiger charge is 2.08. The number of aromatic nitrogens is 5. The van der Waals surface area contributed by atoms with Gasteiger partial charge in [-0.05, 0) is 12.1 Å². The summed E-state index contributed by atoms with van der Waals surface area (Å²) >= 11 is 0. The molecule has 3 aromatic heterocycles. The van der Waals surface area contributed by atoms with Crippen molar-refractivity contribution < 1.29 is 4.52 Å². The fourth-order valence-corrected chi connectivity index (χ4v) is 1.47. The molecule has 0 radical (unpaired) electrons. The third-order valence-electron chi connectivity index (χ3n) is 2.27. The summed E-state index contributed by atoms with van der Waals surface area (Å²) in [6, 6.07) is 3.67. The van der Waals surface area contributed by atoms with E-state index in [1.54, 1.807) is 18.6 Å². The third kappa shape index (κ3) is 1.88. The first-order valence-electron chi connectivity index (χ1n) is 5.12. The van der Waals surface area contributed by atoms with Crippen molar-refractivity contribution in [3.63, 3.8) is 0 Å². The molecule has 0 aliphatic heterocycles. The van der Waals surface area contributed by atoms with Gasteiger partial charge in [-0.15, -0.1) is 0 Å². The Morgan fingerprint density at radius 1 is 1.11 bits per heavy atom. The van der Waals surface area contributed by atoms with Crippen LogP contribution < -0.4 is 5.76 Å². The predicted octanol–water partition coefficient (Wildman–Crippen LogP) is 0.882. The zero-order chi connectivity index (χ0) is 12.4. The van der Waals surface area contributed by atoms with Crippen molar-refractivity contribution in [1.29, 1.82) is 0 Å². The minimum Gasteiger partial charge on any atom is -0.296 e. The van der Waals surface area contributed by atoms with E-state index in [2.05, 4.69) is 29.6 Å². The Balaban J connectivity index is 2.07. The first-order valence-corrected chi connectivity index (χ1v) is 5.12. The van der Waals surface area contributed by atoms with Gasteiger partial charge in [0.1, 0.15) is 5.69 Å². The van der Waals surface area contributed by atoms with Gasteiger partial charge in [0.25, 0.3) is 0 Å². The van der Waals surface area contributed by atoms with Crippen LogP contribution in [0.3, 0.4) is 0 Å². The van der Waals surface area contributed by atoms with Gasteiger partial charge in [-0.3, -0.25) is 19.5 Å². The molecule has 0 spiro atoms. The molecule has 0 aromatic carbocycles. The van der Waals surface area contributed by atoms with Crippen molar-refractivity contribution in [2.45, 2.75) is 0 Å². The van der Waals surface area contributed by atoms with Gasteiger partial charge in [0.2, 0.25) is 5.82 Å². The van der Waals surface area contributed by atoms with Gasteiger partial charge in [-0.2, -0.15) is 0 Å². The molecule has 7 heteroatoms. The smallest absolute Gasteiger partial charge is 0.296 e. The Hall–Kier alpha value is -2.83. The van der Waals surface area contributed by atoms with Gasteiger partial charge < -0.3 is 0 Å². The number of hydrogen-bond acceptors (Lipinski definition) is 6. The summed E-state index contributed by atoms with van der Waals surface area (Å²) in [4.78, 5) is 25.7. The first kappa shape index (κ1) is 10.3. The Morgan fingerprint density at radius 3 is 2.72 bits per heavy atom. The molecule has 88 valence electrons. The van der Waals surface area contributed by atoms with Crippen LogP contribution in [0.4, 0.5) is 0 Å². The molecule has 3 heterocycles. The van der Waals surface area contributed by atoms with Crippen molar-refractivity contribution >= 4 is 0 Å². The lowest BCUT2D eigenvalue weighted by Gasteiger charge is -2.00. The average molecular weight is 241 g/mol. The molecule has 18 heavy (non-hydrogen) atoms. The van der Waals surface area contributed by atoms with E-state index in [9.17, 15) is 4.79 Å². The van der Waals surface area contributed by atoms with E-state index >= 15 is 0 Å². The zero-order valence-electron chi connectivity index (χ0n) is 9.07. The van der Waals surface area contributed by atoms with E-state index in [4.69, 9.17) is 0 Å². The molecule has 0 fully saturated rings. The summed E-state index contributed by atoms with van der Waals surface area (Å²) in [5.41, 5.74) is 1.91. The van der Waals surface area contributed by atoms with Crippen LogP contribution in [0.15, 0.2) is 46.2 Å². The molecule has 0 unspecified atom stereocenters. The van der Waals surface area contributed by atoms with Crippen molar-refractivity contribution in [3.8, 4) is 22.8 Å². The maximum Gasteiger partial charge on any atom is 0.439 e. The van der Waals surface area contributed by atoms with Crippen LogP contribution >= 0.6 is 0 Å². The van der Waals surface area contributed by atoms with Gasteiger partial charge >= 0.3 is 5.76 Å². The second kappa shape index (κ2) is 4.21. The quantitative estimate of drug-likeness (QED) is 0.715. The second-order valence-electron chi connectivity index (χ2n) is 3.47. The summed E-state index contributed by atoms with van der Waals surface area (Å²) < 4.78 is 4.42. The normalized spacial score (nSPS) is 10.4. The predicted molar refractivity (Wildman–Crippen MR) is 61.4 cm³/mol. The van der Waals surface area contributed by atoms with E-state index in [1.807, 2.05) is 12.1 Å². The van der Waals surface area contributed by atoms with Crippen LogP contribution in [0.25, 0.3) is 22.8 Å². The Morgan fingerprint density at radius 2 is 2.00 bits per heavy atom. The molecule has 0 amide bonds. The van der Waals surface area contributed by atoms with Crippen molar-refractivity contribution in [3.05, 3.63) is 47.5 Å². The zero-order valence-corrected chi connectivity index (χ0v) is 9.07. The van der Waals surface area contributed by atoms with Gasteiger partial charge in [-0.25, -0.2) is 9.78 Å². The number of H-pyrrole nitrogens is 1. The fraction of sp³-hybridized carbons (Fsp3) is 0. The van der Waals surface area contributed by atoms with Crippen LogP contribution in [0.2, 0.25) is 0 Å². The van der Waals surface area contributed by atoms with Gasteiger partial charge in [0.05, 0.1) is 18.1 Å². The molecule has 3 rings (SSSR count). The van der Waals surface area contributed by atoms with E-state index in [0.29, 0.717) is 11.4 Å². The minimum absolute atomic E-state index is 0.248. The van der Waals surface area contributed by atoms with Crippen LogP contribution in [0.5, 0.6) is 0 Å². The molecule has 0 saturated carbocycles. The van der Waals surface area contributed by atoms with Gasteiger partial charge in [0.15, 0.2) is 0 Å². The van der Waals surface area contributed by atoms with E-state index in [1.165, 1.54) is 6.20 Å². The van der Waals surface area contributed by atoms with E-state index in [0.717, 1.165) is 5.56 Å². The number of hydrogen-bond donors (Lipinski definition) is 1. The highest BCUT2D eigenvalue weighted by Crippen LogP contribution is 2.17. The molecular weight excluding hydrogens is 234 g/mol. The number of pyridine rings is 1. The molecule has 0 aliphatic rings. The van der Waals surface area contributed by atoms with Gasteiger partial charge in [0, 0.05) is 18.0 Å². The summed E-state index contributed by atoms with van der Waals surface area (Å²) in [6.07, 6.45) is 6.46. The van der Waals surface area contributed by atoms with Crippen molar-refractivity contribution in [1.82, 2.24) is 25.1 Å². The number of nitrogens with zero attached hydrogens (tertiary/aromatic N) is 4. The molecule has 7 nitrogen and oxygen atoms in total. The number of rotatable bonds is 2.